The molecule has 0 unspecified atom stereocenters. The number of hydrogen-bond acceptors (Lipinski definition) is 8. The van der Waals surface area contributed by atoms with Crippen molar-refractivity contribution in [3.8, 4) is 17.2 Å². The summed E-state index contributed by atoms with van der Waals surface area (Å²) in [5.74, 6) is 1.35. The van der Waals surface area contributed by atoms with Crippen LogP contribution in [0.5, 0.6) is 17.2 Å². The molecule has 186 valence electrons. The van der Waals surface area contributed by atoms with E-state index >= 15 is 0 Å². The Balaban J connectivity index is 1.70. The normalized spacial score (nSPS) is 14.9. The Morgan fingerprint density at radius 3 is 2.30 bits per heavy atom. The number of nitrogens with zero attached hydrogens (tertiary/aromatic N) is 2. The van der Waals surface area contributed by atoms with Gasteiger partial charge in [0, 0.05) is 6.07 Å². The fourth-order valence-electron chi connectivity index (χ4n) is 5.01. The molecule has 1 atom stereocenters. The second-order valence-electron chi connectivity index (χ2n) is 8.67. The molecule has 3 heterocycles. The van der Waals surface area contributed by atoms with Crippen molar-refractivity contribution in [1.29, 1.82) is 0 Å². The molecule has 1 aliphatic heterocycles. The van der Waals surface area contributed by atoms with Gasteiger partial charge in [0.15, 0.2) is 22.7 Å². The topological polar surface area (TPSA) is 104 Å². The summed E-state index contributed by atoms with van der Waals surface area (Å²) in [5, 5.41) is 6.11. The van der Waals surface area contributed by atoms with Crippen molar-refractivity contribution in [3.05, 3.63) is 87.5 Å². The Morgan fingerprint density at radius 1 is 0.919 bits per heavy atom. The van der Waals surface area contributed by atoms with Crippen molar-refractivity contribution in [2.24, 2.45) is 0 Å². The summed E-state index contributed by atoms with van der Waals surface area (Å²) < 4.78 is 28.0. The van der Waals surface area contributed by atoms with Crippen LogP contribution in [0.15, 0.2) is 68.3 Å². The van der Waals surface area contributed by atoms with Gasteiger partial charge in [-0.05, 0) is 41.5 Å². The van der Waals surface area contributed by atoms with Gasteiger partial charge < -0.3 is 23.2 Å². The lowest BCUT2D eigenvalue weighted by molar-refractivity contribution is 0.0969. The highest BCUT2D eigenvalue weighted by Crippen LogP contribution is 2.46. The van der Waals surface area contributed by atoms with Crippen molar-refractivity contribution in [2.75, 3.05) is 26.2 Å². The summed E-state index contributed by atoms with van der Waals surface area (Å²) in [7, 11) is 4.51. The molecule has 9 heteroatoms. The lowest BCUT2D eigenvalue weighted by Gasteiger charge is -2.24. The van der Waals surface area contributed by atoms with Gasteiger partial charge in [-0.3, -0.25) is 14.5 Å². The predicted octanol–water partition coefficient (Wildman–Crippen LogP) is 5.02. The minimum Gasteiger partial charge on any atom is -0.493 e. The SMILES string of the molecule is COc1cc([C@H]2c3c(oc4ccc5ccccc5c4c3=O)C(=O)N2c2cc(C)on2)cc(OC)c1OC. The van der Waals surface area contributed by atoms with Crippen molar-refractivity contribution in [2.45, 2.75) is 13.0 Å². The van der Waals surface area contributed by atoms with Crippen LogP contribution in [0.4, 0.5) is 5.82 Å². The van der Waals surface area contributed by atoms with Gasteiger partial charge in [-0.2, -0.15) is 0 Å². The van der Waals surface area contributed by atoms with Crippen molar-refractivity contribution < 1.29 is 27.9 Å². The van der Waals surface area contributed by atoms with Gasteiger partial charge in [0.2, 0.25) is 11.5 Å². The van der Waals surface area contributed by atoms with Crippen molar-refractivity contribution >= 4 is 33.5 Å². The molecule has 0 saturated heterocycles. The summed E-state index contributed by atoms with van der Waals surface area (Å²) in [4.78, 5) is 29.4. The summed E-state index contributed by atoms with van der Waals surface area (Å²) in [6, 6.07) is 15.3. The average Bonchev–Trinajstić information content (AvgIpc) is 3.47. The minimum absolute atomic E-state index is 0.0489. The van der Waals surface area contributed by atoms with Gasteiger partial charge >= 0.3 is 0 Å². The smallest absolute Gasteiger partial charge is 0.296 e. The van der Waals surface area contributed by atoms with E-state index in [0.717, 1.165) is 10.8 Å². The van der Waals surface area contributed by atoms with Crippen molar-refractivity contribution in [1.82, 2.24) is 5.16 Å². The molecule has 9 nitrogen and oxygen atoms in total. The van der Waals surface area contributed by atoms with Crippen LogP contribution >= 0.6 is 0 Å². The van der Waals surface area contributed by atoms with Crippen LogP contribution in [0.3, 0.4) is 0 Å². The van der Waals surface area contributed by atoms with E-state index in [1.807, 2.05) is 30.3 Å². The molecule has 0 N–H and O–H groups in total. The number of anilines is 1. The molecule has 0 fully saturated rings. The minimum atomic E-state index is -0.889. The van der Waals surface area contributed by atoms with Crippen LogP contribution in [0.25, 0.3) is 21.7 Å². The Kier molecular flexibility index (Phi) is 5.15. The molecule has 0 saturated carbocycles. The maximum atomic E-state index is 14.2. The maximum Gasteiger partial charge on any atom is 0.296 e. The summed E-state index contributed by atoms with van der Waals surface area (Å²) >= 11 is 0. The Morgan fingerprint density at radius 2 is 1.65 bits per heavy atom. The molecule has 0 radical (unpaired) electrons. The Bertz CT molecular complexity index is 1740. The molecule has 1 aliphatic rings. The van der Waals surface area contributed by atoms with Gasteiger partial charge in [-0.15, -0.1) is 0 Å². The van der Waals surface area contributed by atoms with E-state index in [1.165, 1.54) is 26.2 Å². The van der Waals surface area contributed by atoms with Crippen molar-refractivity contribution in [3.63, 3.8) is 0 Å². The third-order valence-corrected chi connectivity index (χ3v) is 6.63. The summed E-state index contributed by atoms with van der Waals surface area (Å²) in [6.45, 7) is 1.72. The third kappa shape index (κ3) is 3.27. The fourth-order valence-corrected chi connectivity index (χ4v) is 5.01. The number of fused-ring (bicyclic) bond motifs is 4. The number of benzene rings is 3. The van der Waals surface area contributed by atoms with Gasteiger partial charge in [0.1, 0.15) is 11.3 Å². The molecule has 5 aromatic rings. The van der Waals surface area contributed by atoms with E-state index in [0.29, 0.717) is 39.5 Å². The predicted molar refractivity (Wildman–Crippen MR) is 136 cm³/mol. The highest BCUT2D eigenvalue weighted by Gasteiger charge is 2.45. The number of ether oxygens (including phenoxy) is 3. The van der Waals surface area contributed by atoms with E-state index in [4.69, 9.17) is 23.2 Å². The summed E-state index contributed by atoms with van der Waals surface area (Å²) in [5.41, 5.74) is 0.776. The van der Waals surface area contributed by atoms with Gasteiger partial charge in [-0.25, -0.2) is 0 Å². The molecular weight excluding hydrogens is 476 g/mol. The van der Waals surface area contributed by atoms with Crippen LogP contribution in [-0.2, 0) is 0 Å². The van der Waals surface area contributed by atoms with Crippen LogP contribution in [0.2, 0.25) is 0 Å². The van der Waals surface area contributed by atoms with Gasteiger partial charge in [0.05, 0.1) is 38.3 Å². The first-order valence-corrected chi connectivity index (χ1v) is 11.5. The number of carbonyl (C=O) groups is 1. The van der Waals surface area contributed by atoms with E-state index in [-0.39, 0.29) is 22.6 Å². The van der Waals surface area contributed by atoms with Crippen LogP contribution < -0.4 is 24.5 Å². The lowest BCUT2D eigenvalue weighted by Crippen LogP contribution is -2.29. The zero-order chi connectivity index (χ0) is 25.8. The largest absolute Gasteiger partial charge is 0.493 e. The second kappa shape index (κ2) is 8.41. The lowest BCUT2D eigenvalue weighted by atomic mass is 9.96. The van der Waals surface area contributed by atoms with Crippen LogP contribution in [0.1, 0.15) is 33.5 Å². The first-order valence-electron chi connectivity index (χ1n) is 11.5. The number of methoxy groups -OCH3 is 3. The molecule has 0 aliphatic carbocycles. The van der Waals surface area contributed by atoms with Crippen LogP contribution in [0, 0.1) is 6.92 Å². The number of hydrogen-bond donors (Lipinski definition) is 0. The highest BCUT2D eigenvalue weighted by atomic mass is 16.5. The Hall–Kier alpha value is -4.79. The van der Waals surface area contributed by atoms with E-state index in [2.05, 4.69) is 5.16 Å². The standard InChI is InChI=1S/C28H22N2O7/c1-14-11-21(29-37-14)30-24(16-12-19(33-2)26(35-4)20(13-16)34-3)23-25(31)22-17-8-6-5-7-15(17)9-10-18(22)36-27(23)28(30)32/h5-13,24H,1-4H3/t24-/m0/s1. The molecule has 2 aromatic heterocycles. The molecule has 0 bridgehead atoms. The first kappa shape index (κ1) is 22.7. The van der Waals surface area contributed by atoms with Gasteiger partial charge in [-0.1, -0.05) is 35.5 Å². The fraction of sp³-hybridized carbons (Fsp3) is 0.179. The molecule has 1 amide bonds. The molecule has 37 heavy (non-hydrogen) atoms. The first-order chi connectivity index (χ1) is 18.0. The number of aromatic nitrogens is 1. The zero-order valence-corrected chi connectivity index (χ0v) is 20.5. The van der Waals surface area contributed by atoms with Gasteiger partial charge in [0.25, 0.3) is 5.91 Å². The quantitative estimate of drug-likeness (QED) is 0.311. The third-order valence-electron chi connectivity index (χ3n) is 6.63. The maximum absolute atomic E-state index is 14.2. The molecule has 0 spiro atoms. The molecular formula is C28H22N2O7. The average molecular weight is 498 g/mol. The highest BCUT2D eigenvalue weighted by molar-refractivity contribution is 6.12. The van der Waals surface area contributed by atoms with E-state index < -0.39 is 11.9 Å². The number of aryl methyl sites for hydroxylation is 1. The number of carbonyl (C=O) groups excluding carboxylic acids is 1. The second-order valence-corrected chi connectivity index (χ2v) is 8.67. The number of rotatable bonds is 5. The number of amides is 1. The molecule has 3 aromatic carbocycles. The zero-order valence-electron chi connectivity index (χ0n) is 20.5. The monoisotopic (exact) mass is 498 g/mol. The molecule has 6 rings (SSSR count). The van der Waals surface area contributed by atoms with E-state index in [1.54, 1.807) is 31.2 Å². The Labute approximate surface area is 210 Å². The van der Waals surface area contributed by atoms with E-state index in [9.17, 15) is 9.59 Å². The summed E-state index contributed by atoms with van der Waals surface area (Å²) in [6.07, 6.45) is 0. The van der Waals surface area contributed by atoms with Crippen LogP contribution in [-0.4, -0.2) is 32.4 Å².